The molecule has 0 unspecified atom stereocenters. The van der Waals surface area contributed by atoms with Crippen molar-refractivity contribution in [3.8, 4) is 0 Å². The van der Waals surface area contributed by atoms with Gasteiger partial charge in [0.15, 0.2) is 0 Å². The van der Waals surface area contributed by atoms with Gasteiger partial charge in [-0.25, -0.2) is 9.97 Å². The normalized spacial score (nSPS) is 11.1. The van der Waals surface area contributed by atoms with Gasteiger partial charge in [0.2, 0.25) is 0 Å². The van der Waals surface area contributed by atoms with Crippen LogP contribution in [0.15, 0.2) is 36.4 Å². The van der Waals surface area contributed by atoms with Crippen molar-refractivity contribution in [3.63, 3.8) is 0 Å². The lowest BCUT2D eigenvalue weighted by Crippen LogP contribution is -1.83. The Labute approximate surface area is 102 Å². The summed E-state index contributed by atoms with van der Waals surface area (Å²) in [6.45, 7) is 0. The zero-order valence-electron chi connectivity index (χ0n) is 8.11. The highest BCUT2D eigenvalue weighted by Gasteiger charge is 2.01. The number of fused-ring (bicyclic) bond motifs is 2. The van der Waals surface area contributed by atoms with E-state index in [4.69, 9.17) is 23.2 Å². The summed E-state index contributed by atoms with van der Waals surface area (Å²) in [7, 11) is 0. The van der Waals surface area contributed by atoms with Crippen LogP contribution in [0.5, 0.6) is 0 Å². The zero-order chi connectivity index (χ0) is 11.1. The number of aromatic nitrogens is 2. The Bertz CT molecular complexity index is 638. The molecule has 0 aliphatic heterocycles. The molecule has 2 aromatic heterocycles. The van der Waals surface area contributed by atoms with E-state index in [0.717, 1.165) is 21.8 Å². The Morgan fingerprint density at radius 3 is 1.69 bits per heavy atom. The van der Waals surface area contributed by atoms with Crippen LogP contribution in [-0.2, 0) is 0 Å². The lowest BCUT2D eigenvalue weighted by Gasteiger charge is -2.01. The molecule has 1 aromatic carbocycles. The third-order valence-corrected chi connectivity index (χ3v) is 2.85. The van der Waals surface area contributed by atoms with E-state index in [1.54, 1.807) is 12.1 Å². The Balaban J connectivity index is 2.44. The molecule has 2 nitrogen and oxygen atoms in total. The molecule has 0 amide bonds. The third-order valence-electron chi connectivity index (χ3n) is 2.43. The first-order valence-electron chi connectivity index (χ1n) is 4.75. The first kappa shape index (κ1) is 9.82. The summed E-state index contributed by atoms with van der Waals surface area (Å²) < 4.78 is 0. The SMILES string of the molecule is Clc1ccc2cc3ccc(Cl)nc3cc2n1. The summed E-state index contributed by atoms with van der Waals surface area (Å²) in [5, 5.41) is 3.05. The number of hydrogen-bond donors (Lipinski definition) is 0. The van der Waals surface area contributed by atoms with Gasteiger partial charge in [0.25, 0.3) is 0 Å². The average Bonchev–Trinajstić information content (AvgIpc) is 2.26. The van der Waals surface area contributed by atoms with Crippen molar-refractivity contribution < 1.29 is 0 Å². The van der Waals surface area contributed by atoms with Crippen molar-refractivity contribution >= 4 is 45.0 Å². The van der Waals surface area contributed by atoms with Gasteiger partial charge in [-0.05, 0) is 36.4 Å². The topological polar surface area (TPSA) is 25.8 Å². The minimum absolute atomic E-state index is 0.480. The van der Waals surface area contributed by atoms with Gasteiger partial charge in [-0.15, -0.1) is 0 Å². The quantitative estimate of drug-likeness (QED) is 0.443. The van der Waals surface area contributed by atoms with E-state index in [2.05, 4.69) is 9.97 Å². The number of halogens is 2. The molecule has 0 N–H and O–H groups in total. The average molecular weight is 249 g/mol. The van der Waals surface area contributed by atoms with E-state index >= 15 is 0 Å². The molecule has 0 spiro atoms. The fourth-order valence-electron chi connectivity index (χ4n) is 1.69. The highest BCUT2D eigenvalue weighted by molar-refractivity contribution is 6.30. The van der Waals surface area contributed by atoms with Crippen molar-refractivity contribution in [2.24, 2.45) is 0 Å². The summed E-state index contributed by atoms with van der Waals surface area (Å²) >= 11 is 11.7. The monoisotopic (exact) mass is 248 g/mol. The second-order valence-electron chi connectivity index (χ2n) is 3.51. The lowest BCUT2D eigenvalue weighted by atomic mass is 10.1. The molecule has 3 rings (SSSR count). The maximum Gasteiger partial charge on any atom is 0.129 e. The van der Waals surface area contributed by atoms with Crippen molar-refractivity contribution in [2.75, 3.05) is 0 Å². The maximum atomic E-state index is 5.84. The minimum Gasteiger partial charge on any atom is -0.236 e. The molecule has 4 heteroatoms. The molecule has 0 saturated carbocycles. The molecule has 0 aliphatic carbocycles. The fourth-order valence-corrected chi connectivity index (χ4v) is 2.00. The number of pyridine rings is 2. The zero-order valence-corrected chi connectivity index (χ0v) is 9.63. The van der Waals surface area contributed by atoms with Crippen LogP contribution in [0, 0.1) is 0 Å². The molecule has 78 valence electrons. The summed E-state index contributed by atoms with van der Waals surface area (Å²) in [5.74, 6) is 0. The summed E-state index contributed by atoms with van der Waals surface area (Å²) in [6, 6.07) is 11.4. The van der Waals surface area contributed by atoms with E-state index in [1.807, 2.05) is 24.3 Å². The van der Waals surface area contributed by atoms with Crippen LogP contribution >= 0.6 is 23.2 Å². The van der Waals surface area contributed by atoms with Crippen molar-refractivity contribution in [1.29, 1.82) is 0 Å². The fraction of sp³-hybridized carbons (Fsp3) is 0. The van der Waals surface area contributed by atoms with Gasteiger partial charge in [-0.1, -0.05) is 23.2 Å². The van der Waals surface area contributed by atoms with Crippen LogP contribution in [-0.4, -0.2) is 9.97 Å². The molecule has 3 aromatic rings. The van der Waals surface area contributed by atoms with Gasteiger partial charge in [0.1, 0.15) is 10.3 Å². The van der Waals surface area contributed by atoms with E-state index in [-0.39, 0.29) is 0 Å². The molecule has 16 heavy (non-hydrogen) atoms. The van der Waals surface area contributed by atoms with Crippen LogP contribution in [0.1, 0.15) is 0 Å². The Kier molecular flexibility index (Phi) is 2.20. The smallest absolute Gasteiger partial charge is 0.129 e. The highest BCUT2D eigenvalue weighted by Crippen LogP contribution is 2.23. The largest absolute Gasteiger partial charge is 0.236 e. The standard InChI is InChI=1S/C12H6Cl2N2/c13-11-3-1-7-5-8-2-4-12(14)16-10(8)6-9(7)15-11/h1-6H. The molecule has 0 saturated heterocycles. The van der Waals surface area contributed by atoms with Crippen LogP contribution in [0.25, 0.3) is 21.8 Å². The van der Waals surface area contributed by atoms with Gasteiger partial charge in [-0.2, -0.15) is 0 Å². The minimum atomic E-state index is 0.480. The van der Waals surface area contributed by atoms with Gasteiger partial charge >= 0.3 is 0 Å². The van der Waals surface area contributed by atoms with Crippen molar-refractivity contribution in [3.05, 3.63) is 46.7 Å². The predicted octanol–water partition coefficient (Wildman–Crippen LogP) is 4.09. The van der Waals surface area contributed by atoms with Crippen LogP contribution in [0.3, 0.4) is 0 Å². The molecule has 0 radical (unpaired) electrons. The van der Waals surface area contributed by atoms with Gasteiger partial charge in [-0.3, -0.25) is 0 Å². The third kappa shape index (κ3) is 1.60. The van der Waals surface area contributed by atoms with E-state index in [0.29, 0.717) is 10.3 Å². The molecule has 0 atom stereocenters. The van der Waals surface area contributed by atoms with Gasteiger partial charge in [0.05, 0.1) is 11.0 Å². The summed E-state index contributed by atoms with van der Waals surface area (Å²) in [5.41, 5.74) is 1.66. The van der Waals surface area contributed by atoms with Crippen molar-refractivity contribution in [1.82, 2.24) is 9.97 Å². The molecular weight excluding hydrogens is 243 g/mol. The van der Waals surface area contributed by atoms with Crippen molar-refractivity contribution in [2.45, 2.75) is 0 Å². The van der Waals surface area contributed by atoms with Gasteiger partial charge < -0.3 is 0 Å². The number of benzene rings is 1. The molecule has 0 aliphatic rings. The number of hydrogen-bond acceptors (Lipinski definition) is 2. The second kappa shape index (κ2) is 3.58. The number of rotatable bonds is 0. The second-order valence-corrected chi connectivity index (χ2v) is 4.28. The van der Waals surface area contributed by atoms with Gasteiger partial charge in [0, 0.05) is 10.8 Å². The van der Waals surface area contributed by atoms with E-state index in [9.17, 15) is 0 Å². The van der Waals surface area contributed by atoms with Crippen LogP contribution in [0.2, 0.25) is 10.3 Å². The maximum absolute atomic E-state index is 5.84. The Morgan fingerprint density at radius 2 is 1.19 bits per heavy atom. The predicted molar refractivity (Wildman–Crippen MR) is 67.1 cm³/mol. The first-order chi connectivity index (χ1) is 7.72. The number of nitrogens with zero attached hydrogens (tertiary/aromatic N) is 2. The van der Waals surface area contributed by atoms with Crippen LogP contribution in [0.4, 0.5) is 0 Å². The molecule has 2 heterocycles. The Morgan fingerprint density at radius 1 is 0.688 bits per heavy atom. The first-order valence-corrected chi connectivity index (χ1v) is 5.50. The van der Waals surface area contributed by atoms with E-state index in [1.165, 1.54) is 0 Å². The summed E-state index contributed by atoms with van der Waals surface area (Å²) in [4.78, 5) is 8.48. The highest BCUT2D eigenvalue weighted by atomic mass is 35.5. The Hall–Kier alpha value is -1.38. The van der Waals surface area contributed by atoms with E-state index < -0.39 is 0 Å². The molecule has 0 bridgehead atoms. The molecular formula is C12H6Cl2N2. The van der Waals surface area contributed by atoms with Crippen LogP contribution < -0.4 is 0 Å². The summed E-state index contributed by atoms with van der Waals surface area (Å²) in [6.07, 6.45) is 0. The lowest BCUT2D eigenvalue weighted by molar-refractivity contribution is 1.39. The molecule has 0 fully saturated rings.